The summed E-state index contributed by atoms with van der Waals surface area (Å²) in [4.78, 5) is 16.3. The minimum Gasteiger partial charge on any atom is -0.324 e. The van der Waals surface area contributed by atoms with Crippen molar-refractivity contribution in [2.75, 3.05) is 0 Å². The number of benzene rings is 1. The highest BCUT2D eigenvalue weighted by Gasteiger charge is 2.10. The molecule has 2 aromatic heterocycles. The molecule has 3 rings (SSSR count). The molecule has 19 heavy (non-hydrogen) atoms. The number of fused-ring (bicyclic) bond motifs is 1. The molecule has 1 aromatic carbocycles. The fourth-order valence-corrected chi connectivity index (χ4v) is 1.88. The van der Waals surface area contributed by atoms with Gasteiger partial charge >= 0.3 is 0 Å². The van der Waals surface area contributed by atoms with Crippen LogP contribution < -0.4 is 11.3 Å². The number of H-pyrrole nitrogens is 1. The van der Waals surface area contributed by atoms with Crippen molar-refractivity contribution in [1.82, 2.24) is 19.6 Å². The normalized spacial score (nSPS) is 11.1. The van der Waals surface area contributed by atoms with Crippen LogP contribution in [0.2, 0.25) is 0 Å². The number of nitrogens with one attached hydrogen (secondary N) is 1. The third kappa shape index (κ3) is 1.89. The van der Waals surface area contributed by atoms with Gasteiger partial charge in [-0.3, -0.25) is 4.79 Å². The third-order valence-corrected chi connectivity index (χ3v) is 2.78. The zero-order chi connectivity index (χ0) is 13.4. The Morgan fingerprint density at radius 2 is 2.05 bits per heavy atom. The van der Waals surface area contributed by atoms with Crippen LogP contribution in [0, 0.1) is 5.82 Å². The molecule has 0 aliphatic carbocycles. The van der Waals surface area contributed by atoms with Gasteiger partial charge in [-0.05, 0) is 24.3 Å². The third-order valence-electron chi connectivity index (χ3n) is 2.78. The molecule has 7 heteroatoms. The number of aromatic nitrogens is 4. The lowest BCUT2D eigenvalue weighted by Crippen LogP contribution is -2.17. The van der Waals surface area contributed by atoms with E-state index in [1.807, 2.05) is 0 Å². The van der Waals surface area contributed by atoms with Crippen molar-refractivity contribution in [3.05, 3.63) is 52.3 Å². The molecule has 0 radical (unpaired) electrons. The number of hydrogen-bond donors (Lipinski definition) is 2. The summed E-state index contributed by atoms with van der Waals surface area (Å²) in [5.74, 6) is 0.388. The van der Waals surface area contributed by atoms with E-state index >= 15 is 0 Å². The van der Waals surface area contributed by atoms with Crippen LogP contribution in [0.5, 0.6) is 0 Å². The van der Waals surface area contributed by atoms with Gasteiger partial charge in [-0.1, -0.05) is 0 Å². The standard InChI is InChI=1S/C12H10FN5O/c13-8-3-1-7(2-4-8)9-5-11(19)18-10(6-14)16-17-12(18)15-9/h1-5H,6,14H2,(H,15,17). The second-order valence-electron chi connectivity index (χ2n) is 3.99. The van der Waals surface area contributed by atoms with Crippen LogP contribution in [-0.4, -0.2) is 19.6 Å². The molecule has 0 aliphatic heterocycles. The number of hydrogen-bond acceptors (Lipinski definition) is 4. The van der Waals surface area contributed by atoms with Gasteiger partial charge in [0.2, 0.25) is 5.78 Å². The molecular weight excluding hydrogens is 249 g/mol. The first kappa shape index (κ1) is 11.5. The molecule has 3 N–H and O–H groups in total. The Balaban J connectivity index is 2.21. The van der Waals surface area contributed by atoms with Crippen LogP contribution in [0.25, 0.3) is 17.0 Å². The summed E-state index contributed by atoms with van der Waals surface area (Å²) in [5, 5.41) is 6.56. The monoisotopic (exact) mass is 259 g/mol. The molecule has 6 nitrogen and oxygen atoms in total. The summed E-state index contributed by atoms with van der Waals surface area (Å²) in [7, 11) is 0. The van der Waals surface area contributed by atoms with Crippen molar-refractivity contribution in [3.63, 3.8) is 0 Å². The van der Waals surface area contributed by atoms with Gasteiger partial charge in [0.1, 0.15) is 5.82 Å². The number of nitrogens with two attached hydrogens (primary N) is 1. The summed E-state index contributed by atoms with van der Waals surface area (Å²) in [5.41, 5.74) is 6.32. The quantitative estimate of drug-likeness (QED) is 0.708. The van der Waals surface area contributed by atoms with Gasteiger partial charge in [0.05, 0.1) is 12.2 Å². The maximum absolute atomic E-state index is 12.9. The minimum atomic E-state index is -0.339. The second kappa shape index (κ2) is 4.29. The molecule has 0 spiro atoms. The van der Waals surface area contributed by atoms with Gasteiger partial charge in [0.15, 0.2) is 5.82 Å². The Morgan fingerprint density at radius 1 is 1.32 bits per heavy atom. The fourth-order valence-electron chi connectivity index (χ4n) is 1.88. The zero-order valence-corrected chi connectivity index (χ0v) is 9.80. The molecule has 0 unspecified atom stereocenters. The summed E-state index contributed by atoms with van der Waals surface area (Å²) in [6, 6.07) is 7.13. The Labute approximate surface area is 106 Å². The predicted octanol–water partition coefficient (Wildman–Crippen LogP) is 0.682. The van der Waals surface area contributed by atoms with Crippen LogP contribution >= 0.6 is 0 Å². The second-order valence-corrected chi connectivity index (χ2v) is 3.99. The van der Waals surface area contributed by atoms with E-state index in [9.17, 15) is 9.18 Å². The predicted molar refractivity (Wildman–Crippen MR) is 66.9 cm³/mol. The van der Waals surface area contributed by atoms with Gasteiger partial charge in [-0.2, -0.15) is 5.10 Å². The molecular formula is C12H10FN5O. The van der Waals surface area contributed by atoms with Gasteiger partial charge in [-0.15, -0.1) is 0 Å². The van der Waals surface area contributed by atoms with Crippen LogP contribution in [0.1, 0.15) is 5.82 Å². The molecule has 0 aliphatic rings. The minimum absolute atomic E-state index is 0.136. The lowest BCUT2D eigenvalue weighted by molar-refractivity contribution is 0.628. The van der Waals surface area contributed by atoms with Gasteiger partial charge in [-0.25, -0.2) is 18.9 Å². The first-order valence-corrected chi connectivity index (χ1v) is 5.62. The number of nitrogens with zero attached hydrogens (tertiary/aromatic N) is 3. The molecule has 0 saturated carbocycles. The average Bonchev–Trinajstić information content (AvgIpc) is 2.83. The SMILES string of the molecule is NCc1n[nH]c2nc(-c3ccc(F)cc3)cc(=O)n12. The smallest absolute Gasteiger partial charge is 0.261 e. The molecule has 0 amide bonds. The topological polar surface area (TPSA) is 89.1 Å². The molecule has 0 atom stereocenters. The summed E-state index contributed by atoms with van der Waals surface area (Å²) in [6.45, 7) is 0.136. The van der Waals surface area contributed by atoms with E-state index in [1.165, 1.54) is 22.6 Å². The van der Waals surface area contributed by atoms with E-state index in [2.05, 4.69) is 15.2 Å². The molecule has 0 bridgehead atoms. The van der Waals surface area contributed by atoms with E-state index in [0.717, 1.165) is 0 Å². The first-order chi connectivity index (χ1) is 9.19. The van der Waals surface area contributed by atoms with E-state index in [-0.39, 0.29) is 17.9 Å². The molecule has 2 heterocycles. The Morgan fingerprint density at radius 3 is 2.74 bits per heavy atom. The Kier molecular flexibility index (Phi) is 2.60. The van der Waals surface area contributed by atoms with Crippen molar-refractivity contribution in [1.29, 1.82) is 0 Å². The van der Waals surface area contributed by atoms with E-state index in [0.29, 0.717) is 22.9 Å². The van der Waals surface area contributed by atoms with Crippen molar-refractivity contribution >= 4 is 5.78 Å². The van der Waals surface area contributed by atoms with Crippen molar-refractivity contribution in [2.45, 2.75) is 6.54 Å². The molecule has 0 saturated heterocycles. The summed E-state index contributed by atoms with van der Waals surface area (Å²) in [6.07, 6.45) is 0. The van der Waals surface area contributed by atoms with E-state index in [1.54, 1.807) is 12.1 Å². The lowest BCUT2D eigenvalue weighted by atomic mass is 10.1. The number of rotatable bonds is 2. The molecule has 0 fully saturated rings. The van der Waals surface area contributed by atoms with E-state index in [4.69, 9.17) is 5.73 Å². The molecule has 3 aromatic rings. The largest absolute Gasteiger partial charge is 0.324 e. The number of halogens is 1. The van der Waals surface area contributed by atoms with Gasteiger partial charge in [0.25, 0.3) is 5.56 Å². The lowest BCUT2D eigenvalue weighted by Gasteiger charge is -2.01. The van der Waals surface area contributed by atoms with E-state index < -0.39 is 0 Å². The maximum Gasteiger partial charge on any atom is 0.261 e. The van der Waals surface area contributed by atoms with Crippen LogP contribution in [-0.2, 0) is 6.54 Å². The number of aromatic amines is 1. The fraction of sp³-hybridized carbons (Fsp3) is 0.0833. The van der Waals surface area contributed by atoms with Crippen LogP contribution in [0.4, 0.5) is 4.39 Å². The maximum atomic E-state index is 12.9. The highest BCUT2D eigenvalue weighted by atomic mass is 19.1. The van der Waals surface area contributed by atoms with Crippen LogP contribution in [0.3, 0.4) is 0 Å². The highest BCUT2D eigenvalue weighted by Crippen LogP contribution is 2.16. The zero-order valence-electron chi connectivity index (χ0n) is 9.80. The molecule has 96 valence electrons. The van der Waals surface area contributed by atoms with Crippen LogP contribution in [0.15, 0.2) is 35.1 Å². The highest BCUT2D eigenvalue weighted by molar-refractivity contribution is 5.60. The van der Waals surface area contributed by atoms with Crippen molar-refractivity contribution < 1.29 is 4.39 Å². The summed E-state index contributed by atoms with van der Waals surface area (Å²) < 4.78 is 14.2. The Bertz CT molecular complexity index is 790. The van der Waals surface area contributed by atoms with Gasteiger partial charge < -0.3 is 5.73 Å². The average molecular weight is 259 g/mol. The summed E-state index contributed by atoms with van der Waals surface area (Å²) >= 11 is 0. The van der Waals surface area contributed by atoms with Crippen molar-refractivity contribution in [2.24, 2.45) is 5.73 Å². The first-order valence-electron chi connectivity index (χ1n) is 5.62. The van der Waals surface area contributed by atoms with Gasteiger partial charge in [0, 0.05) is 11.6 Å². The van der Waals surface area contributed by atoms with Crippen molar-refractivity contribution in [3.8, 4) is 11.3 Å². The Hall–Kier alpha value is -2.54.